The fourth-order valence-corrected chi connectivity index (χ4v) is 3.23. The van der Waals surface area contributed by atoms with Gasteiger partial charge in [-0.2, -0.15) is 20.8 Å². The highest BCUT2D eigenvalue weighted by Crippen LogP contribution is 2.35. The van der Waals surface area contributed by atoms with Gasteiger partial charge in [0.05, 0.1) is 24.5 Å². The Labute approximate surface area is 186 Å². The van der Waals surface area contributed by atoms with E-state index in [0.29, 0.717) is 0 Å². The molecule has 0 aliphatic heterocycles. The quantitative estimate of drug-likeness (QED) is 0.162. The molecule has 0 heterocycles. The van der Waals surface area contributed by atoms with Gasteiger partial charge in [0.1, 0.15) is 5.78 Å². The summed E-state index contributed by atoms with van der Waals surface area (Å²) in [5.74, 6) is -0.816. The third-order valence-corrected chi connectivity index (χ3v) is 6.04. The summed E-state index contributed by atoms with van der Waals surface area (Å²) >= 11 is 0. The summed E-state index contributed by atoms with van der Waals surface area (Å²) in [6.07, 6.45) is -1.22. The first-order valence-corrected chi connectivity index (χ1v) is 13.3. The van der Waals surface area contributed by atoms with Crippen molar-refractivity contribution in [2.24, 2.45) is 10.2 Å². The maximum atomic E-state index is 11.9. The predicted molar refractivity (Wildman–Crippen MR) is 112 cm³/mol. The molecular formula is C17H29N5O8P2. The lowest BCUT2D eigenvalue weighted by Gasteiger charge is -2.19. The summed E-state index contributed by atoms with van der Waals surface area (Å²) in [5, 5.41) is 28.9. The van der Waals surface area contributed by atoms with E-state index in [1.807, 2.05) is 12.1 Å². The predicted octanol–water partition coefficient (Wildman–Crippen LogP) is 1.38. The van der Waals surface area contributed by atoms with Crippen molar-refractivity contribution in [2.45, 2.75) is 63.5 Å². The molecule has 0 radical (unpaired) electrons. The van der Waals surface area contributed by atoms with Crippen LogP contribution in [-0.2, 0) is 18.7 Å². The molecule has 15 heteroatoms. The zero-order valence-corrected chi connectivity index (χ0v) is 19.8. The zero-order valence-electron chi connectivity index (χ0n) is 18.0. The Kier molecular flexibility index (Phi) is 12.1. The van der Waals surface area contributed by atoms with E-state index in [9.17, 15) is 29.2 Å². The first-order chi connectivity index (χ1) is 14.5. The van der Waals surface area contributed by atoms with Crippen LogP contribution in [0, 0.1) is 22.7 Å². The highest BCUT2D eigenvalue weighted by atomic mass is 31.2. The average Bonchev–Trinajstić information content (AvgIpc) is 2.67. The fourth-order valence-electron chi connectivity index (χ4n) is 2.25. The molecule has 32 heavy (non-hydrogen) atoms. The van der Waals surface area contributed by atoms with Crippen molar-refractivity contribution in [3.8, 4) is 12.1 Å². The van der Waals surface area contributed by atoms with Crippen molar-refractivity contribution in [2.75, 3.05) is 18.9 Å². The van der Waals surface area contributed by atoms with Gasteiger partial charge in [-0.05, 0) is 33.1 Å². The topological polar surface area (TPSA) is 234 Å². The number of carbonyl (C=O) groups excluding carboxylic acids is 2. The van der Waals surface area contributed by atoms with Crippen LogP contribution >= 0.6 is 15.2 Å². The molecule has 0 bridgehead atoms. The molecule has 0 saturated heterocycles. The first-order valence-electron chi connectivity index (χ1n) is 9.67. The van der Waals surface area contributed by atoms with Crippen LogP contribution in [0.1, 0.15) is 52.4 Å². The third-order valence-electron chi connectivity index (χ3n) is 4.33. The number of nitrogens with zero attached hydrogens (tertiary/aromatic N) is 4. The van der Waals surface area contributed by atoms with Crippen molar-refractivity contribution in [3.05, 3.63) is 0 Å². The van der Waals surface area contributed by atoms with Crippen molar-refractivity contribution in [3.63, 3.8) is 0 Å². The van der Waals surface area contributed by atoms with Gasteiger partial charge >= 0.3 is 15.2 Å². The van der Waals surface area contributed by atoms with Crippen LogP contribution in [0.5, 0.6) is 0 Å². The molecule has 0 aromatic carbocycles. The Morgan fingerprint density at radius 2 is 1.34 bits per heavy atom. The highest BCUT2D eigenvalue weighted by Gasteiger charge is 2.29. The number of Topliss-reactive ketones (excluding diaryl/α,β-unsaturated/α-hetero) is 1. The standard InChI is InChI=1S/C17H29N5O8P2/c1-16(12-18,7-5-14(23)4-3-10-31(25,26)27)21-22-17(2,13-19)8-6-15(24)20-9-11-32(28,29)30/h3-11H2,1-2H3,(H,20,24)(H2,25,26,27)(H2,28,29,30). The van der Waals surface area contributed by atoms with E-state index >= 15 is 0 Å². The molecule has 0 spiro atoms. The number of ketones is 1. The number of nitriles is 2. The van der Waals surface area contributed by atoms with E-state index in [0.717, 1.165) is 0 Å². The number of hydrogen-bond donors (Lipinski definition) is 5. The second-order valence-corrected chi connectivity index (χ2v) is 11.3. The lowest BCUT2D eigenvalue weighted by atomic mass is 9.95. The monoisotopic (exact) mass is 493 g/mol. The number of amides is 1. The Morgan fingerprint density at radius 1 is 0.875 bits per heavy atom. The second kappa shape index (κ2) is 12.9. The number of azo groups is 1. The summed E-state index contributed by atoms with van der Waals surface area (Å²) in [5.41, 5.74) is -2.85. The summed E-state index contributed by atoms with van der Waals surface area (Å²) in [6.45, 7) is 2.61. The fraction of sp³-hybridized carbons (Fsp3) is 0.765. The minimum absolute atomic E-state index is 0.00782. The second-order valence-electron chi connectivity index (χ2n) is 7.74. The number of nitrogens with one attached hydrogen (secondary N) is 1. The van der Waals surface area contributed by atoms with Crippen molar-refractivity contribution >= 4 is 26.9 Å². The minimum atomic E-state index is -4.23. The molecular weight excluding hydrogens is 464 g/mol. The molecule has 180 valence electrons. The third kappa shape index (κ3) is 14.9. The minimum Gasteiger partial charge on any atom is -0.355 e. The van der Waals surface area contributed by atoms with Crippen molar-refractivity contribution < 1.29 is 38.3 Å². The van der Waals surface area contributed by atoms with Gasteiger partial charge in [-0.15, -0.1) is 0 Å². The Bertz CT molecular complexity index is 801. The molecule has 0 fully saturated rings. The molecule has 0 saturated carbocycles. The Morgan fingerprint density at radius 3 is 1.78 bits per heavy atom. The van der Waals surface area contributed by atoms with Crippen LogP contribution in [0.4, 0.5) is 0 Å². The molecule has 0 aliphatic carbocycles. The molecule has 13 nitrogen and oxygen atoms in total. The number of rotatable bonds is 15. The smallest absolute Gasteiger partial charge is 0.327 e. The van der Waals surface area contributed by atoms with Gasteiger partial charge < -0.3 is 24.9 Å². The number of carbonyl (C=O) groups is 2. The molecule has 2 unspecified atom stereocenters. The van der Waals surface area contributed by atoms with E-state index in [2.05, 4.69) is 15.5 Å². The van der Waals surface area contributed by atoms with E-state index in [4.69, 9.17) is 19.6 Å². The van der Waals surface area contributed by atoms with Gasteiger partial charge in [0.25, 0.3) is 0 Å². The van der Waals surface area contributed by atoms with Crippen LogP contribution in [-0.4, -0.2) is 61.2 Å². The molecule has 0 aromatic heterocycles. The summed E-state index contributed by atoms with van der Waals surface area (Å²) in [7, 11) is -8.40. The van der Waals surface area contributed by atoms with Gasteiger partial charge in [-0.3, -0.25) is 18.7 Å². The van der Waals surface area contributed by atoms with Crippen LogP contribution in [0.25, 0.3) is 0 Å². The van der Waals surface area contributed by atoms with Gasteiger partial charge in [-0.25, -0.2) is 0 Å². The lowest BCUT2D eigenvalue weighted by Crippen LogP contribution is -2.30. The van der Waals surface area contributed by atoms with Gasteiger partial charge in [-0.1, -0.05) is 0 Å². The van der Waals surface area contributed by atoms with Crippen LogP contribution in [0.2, 0.25) is 0 Å². The SMILES string of the molecule is CC(C#N)(CCC(=O)CCCP(=O)(O)O)N=NC(C)(C#N)CCC(=O)NCCP(=O)(O)O. The molecule has 0 rings (SSSR count). The first kappa shape index (κ1) is 30.0. The van der Waals surface area contributed by atoms with E-state index < -0.39 is 44.5 Å². The van der Waals surface area contributed by atoms with Crippen molar-refractivity contribution in [1.82, 2.24) is 5.32 Å². The van der Waals surface area contributed by atoms with Crippen LogP contribution < -0.4 is 5.32 Å². The summed E-state index contributed by atoms with van der Waals surface area (Å²) < 4.78 is 21.6. The van der Waals surface area contributed by atoms with Gasteiger partial charge in [0, 0.05) is 25.8 Å². The van der Waals surface area contributed by atoms with E-state index in [-0.39, 0.29) is 50.9 Å². The average molecular weight is 493 g/mol. The molecule has 1 amide bonds. The normalized spacial score (nSPS) is 15.9. The molecule has 5 N–H and O–H groups in total. The van der Waals surface area contributed by atoms with E-state index in [1.165, 1.54) is 13.8 Å². The highest BCUT2D eigenvalue weighted by molar-refractivity contribution is 7.52. The maximum absolute atomic E-state index is 11.9. The van der Waals surface area contributed by atoms with Crippen molar-refractivity contribution in [1.29, 1.82) is 10.5 Å². The van der Waals surface area contributed by atoms with E-state index in [1.54, 1.807) is 0 Å². The zero-order chi connectivity index (χ0) is 25.1. The number of hydrogen-bond acceptors (Lipinski definition) is 8. The molecule has 2 atom stereocenters. The summed E-state index contributed by atoms with van der Waals surface area (Å²) in [6, 6.07) is 3.82. The Hall–Kier alpha value is -1.98. The molecule has 0 aliphatic rings. The van der Waals surface area contributed by atoms with Gasteiger partial charge in [0.15, 0.2) is 11.1 Å². The van der Waals surface area contributed by atoms with Crippen LogP contribution in [0.15, 0.2) is 10.2 Å². The largest absolute Gasteiger partial charge is 0.355 e. The maximum Gasteiger partial charge on any atom is 0.327 e. The lowest BCUT2D eigenvalue weighted by molar-refractivity contribution is -0.121. The molecule has 0 aromatic rings. The van der Waals surface area contributed by atoms with Crippen LogP contribution in [0.3, 0.4) is 0 Å². The summed E-state index contributed by atoms with van der Waals surface area (Å²) in [4.78, 5) is 58.8. The Balaban J connectivity index is 4.76. The van der Waals surface area contributed by atoms with Gasteiger partial charge in [0.2, 0.25) is 5.91 Å².